The minimum Gasteiger partial charge on any atom is -0.504 e. The number of phenols is 3. The molecule has 3 N–H and O–H groups in total. The van der Waals surface area contributed by atoms with Crippen molar-refractivity contribution in [2.75, 3.05) is 7.11 Å². The maximum absolute atomic E-state index is 11.3. The van der Waals surface area contributed by atoms with Crippen LogP contribution in [0, 0.1) is 20.2 Å². The minimum absolute atomic E-state index is 0.276. The van der Waals surface area contributed by atoms with Crippen LogP contribution in [-0.4, -0.2) is 56.2 Å². The maximum Gasteiger partial charge on any atom is 0.354 e. The molecule has 0 unspecified atom stereocenters. The lowest BCUT2D eigenvalue weighted by molar-refractivity contribution is -0.386. The molecule has 4 rings (SSSR count). The van der Waals surface area contributed by atoms with Crippen molar-refractivity contribution in [1.82, 2.24) is 0 Å². The molecule has 170 valence electrons. The summed E-state index contributed by atoms with van der Waals surface area (Å²) >= 11 is 0. The van der Waals surface area contributed by atoms with Gasteiger partial charge in [0.25, 0.3) is 0 Å². The third-order valence-electron chi connectivity index (χ3n) is 4.30. The second-order valence-corrected chi connectivity index (χ2v) is 6.08. The molecular formula is C17H8N2O14. The van der Waals surface area contributed by atoms with Crippen molar-refractivity contribution in [2.45, 2.75) is 0 Å². The molecule has 2 aliphatic rings. The van der Waals surface area contributed by atoms with Gasteiger partial charge in [0.1, 0.15) is 0 Å². The summed E-state index contributed by atoms with van der Waals surface area (Å²) in [6.45, 7) is 0. The van der Waals surface area contributed by atoms with E-state index in [1.54, 1.807) is 0 Å². The number of rotatable bonds is 3. The standard InChI is InChI=1S/C9H5NO7.C8H3NO7/c1-16-4-2-3-5(9(13)17-8(3)12)6(7(4)11)10(14)15;10-3-1-2-4(8(13)16-7(2)12)5(6(3)11)9(14)15/h2,11H,1H3;1,10-11H. The van der Waals surface area contributed by atoms with E-state index in [9.17, 15) is 49.6 Å². The topological polar surface area (TPSA) is 243 Å². The summed E-state index contributed by atoms with van der Waals surface area (Å²) in [6, 6.07) is 1.76. The van der Waals surface area contributed by atoms with E-state index in [0.717, 1.165) is 19.2 Å². The average molecular weight is 464 g/mol. The number of cyclic esters (lactones) is 4. The molecule has 33 heavy (non-hydrogen) atoms. The molecule has 0 bridgehead atoms. The summed E-state index contributed by atoms with van der Waals surface area (Å²) < 4.78 is 13.0. The number of benzene rings is 2. The molecule has 0 saturated carbocycles. The Bertz CT molecular complexity index is 1310. The molecular weight excluding hydrogens is 456 g/mol. The molecule has 2 aliphatic heterocycles. The molecule has 16 heteroatoms. The fourth-order valence-electron chi connectivity index (χ4n) is 2.91. The van der Waals surface area contributed by atoms with Gasteiger partial charge in [0.15, 0.2) is 22.6 Å². The van der Waals surface area contributed by atoms with Gasteiger partial charge < -0.3 is 29.5 Å². The van der Waals surface area contributed by atoms with E-state index >= 15 is 0 Å². The summed E-state index contributed by atoms with van der Waals surface area (Å²) in [5, 5.41) is 49.3. The smallest absolute Gasteiger partial charge is 0.354 e. The molecule has 0 aliphatic carbocycles. The number of hydrogen-bond donors (Lipinski definition) is 3. The summed E-state index contributed by atoms with van der Waals surface area (Å²) in [5.74, 6) is -7.51. The SMILES string of the molecule is COc1cc2c(c([N+](=O)[O-])c1O)C(=O)OC2=O.O=C1OC(=O)c2c1cc(O)c(O)c2[N+](=O)[O-]. The maximum atomic E-state index is 11.3. The molecule has 16 nitrogen and oxygen atoms in total. The van der Waals surface area contributed by atoms with Gasteiger partial charge in [0, 0.05) is 0 Å². The van der Waals surface area contributed by atoms with Crippen LogP contribution in [0.4, 0.5) is 11.4 Å². The number of carbonyl (C=O) groups excluding carboxylic acids is 4. The Labute approximate surface area is 179 Å². The van der Waals surface area contributed by atoms with Crippen LogP contribution in [0.15, 0.2) is 12.1 Å². The molecule has 2 aromatic rings. The Morgan fingerprint density at radius 2 is 1.18 bits per heavy atom. The third-order valence-corrected chi connectivity index (χ3v) is 4.30. The first-order valence-electron chi connectivity index (χ1n) is 8.25. The van der Waals surface area contributed by atoms with Gasteiger partial charge in [-0.3, -0.25) is 20.2 Å². The lowest BCUT2D eigenvalue weighted by atomic mass is 10.1. The number of methoxy groups -OCH3 is 1. The highest BCUT2D eigenvalue weighted by molar-refractivity contribution is 6.18. The second-order valence-electron chi connectivity index (χ2n) is 6.08. The van der Waals surface area contributed by atoms with Crippen LogP contribution < -0.4 is 4.74 Å². The van der Waals surface area contributed by atoms with Gasteiger partial charge in [-0.05, 0) is 12.1 Å². The molecule has 0 fully saturated rings. The minimum atomic E-state index is -1.22. The zero-order valence-electron chi connectivity index (χ0n) is 15.9. The first-order valence-corrected chi connectivity index (χ1v) is 8.25. The van der Waals surface area contributed by atoms with Crippen LogP contribution in [0.3, 0.4) is 0 Å². The number of ether oxygens (including phenoxy) is 3. The zero-order valence-corrected chi connectivity index (χ0v) is 15.9. The van der Waals surface area contributed by atoms with Gasteiger partial charge >= 0.3 is 35.3 Å². The summed E-state index contributed by atoms with van der Waals surface area (Å²) in [4.78, 5) is 64.0. The van der Waals surface area contributed by atoms with E-state index in [1.807, 2.05) is 0 Å². The highest BCUT2D eigenvalue weighted by Gasteiger charge is 2.42. The predicted molar refractivity (Wildman–Crippen MR) is 97.2 cm³/mol. The summed E-state index contributed by atoms with van der Waals surface area (Å²) in [7, 11) is 1.16. The average Bonchev–Trinajstić information content (AvgIpc) is 3.16. The lowest BCUT2D eigenvalue weighted by Gasteiger charge is -2.05. The van der Waals surface area contributed by atoms with E-state index in [4.69, 9.17) is 5.11 Å². The number of phenolic OH excluding ortho intramolecular Hbond substituents is 3. The molecule has 2 aromatic carbocycles. The fraction of sp³-hybridized carbons (Fsp3) is 0.0588. The monoisotopic (exact) mass is 464 g/mol. The van der Waals surface area contributed by atoms with Crippen LogP contribution in [0.5, 0.6) is 23.0 Å². The van der Waals surface area contributed by atoms with Crippen LogP contribution >= 0.6 is 0 Å². The van der Waals surface area contributed by atoms with Crippen molar-refractivity contribution >= 4 is 35.3 Å². The van der Waals surface area contributed by atoms with Crippen molar-refractivity contribution in [3.05, 3.63) is 54.6 Å². The molecule has 0 aromatic heterocycles. The quantitative estimate of drug-likeness (QED) is 0.188. The number of hydrogen-bond acceptors (Lipinski definition) is 14. The number of aromatic hydroxyl groups is 3. The molecule has 0 atom stereocenters. The Morgan fingerprint density at radius 1 is 0.758 bits per heavy atom. The molecule has 0 radical (unpaired) electrons. The highest BCUT2D eigenvalue weighted by Crippen LogP contribution is 2.44. The molecule has 0 saturated heterocycles. The molecule has 0 spiro atoms. The lowest BCUT2D eigenvalue weighted by Crippen LogP contribution is -2.02. The van der Waals surface area contributed by atoms with E-state index in [-0.39, 0.29) is 11.3 Å². The van der Waals surface area contributed by atoms with Gasteiger partial charge in [-0.1, -0.05) is 0 Å². The Hall–Kier alpha value is -5.28. The number of nitrogens with zero attached hydrogens (tertiary/aromatic N) is 2. The Balaban J connectivity index is 0.000000186. The van der Waals surface area contributed by atoms with Crippen molar-refractivity contribution in [1.29, 1.82) is 0 Å². The normalized spacial score (nSPS) is 13.4. The van der Waals surface area contributed by atoms with Gasteiger partial charge in [0.05, 0.1) is 28.1 Å². The van der Waals surface area contributed by atoms with Gasteiger partial charge in [-0.2, -0.15) is 0 Å². The van der Waals surface area contributed by atoms with Crippen molar-refractivity contribution in [3.8, 4) is 23.0 Å². The molecule has 2 heterocycles. The van der Waals surface area contributed by atoms with Crippen LogP contribution in [0.1, 0.15) is 41.4 Å². The first-order chi connectivity index (χ1) is 15.4. The van der Waals surface area contributed by atoms with E-state index in [1.165, 1.54) is 0 Å². The van der Waals surface area contributed by atoms with Gasteiger partial charge in [0.2, 0.25) is 11.5 Å². The number of fused-ring (bicyclic) bond motifs is 2. The summed E-state index contributed by atoms with van der Waals surface area (Å²) in [5.41, 5.74) is -3.87. The van der Waals surface area contributed by atoms with Crippen molar-refractivity contribution in [3.63, 3.8) is 0 Å². The zero-order chi connectivity index (χ0) is 24.8. The Kier molecular flexibility index (Phi) is 5.27. The summed E-state index contributed by atoms with van der Waals surface area (Å²) in [6.07, 6.45) is 0. The predicted octanol–water partition coefficient (Wildman–Crippen LogP) is 0.936. The number of nitro groups is 2. The first kappa shape index (κ1) is 22.4. The number of carbonyl (C=O) groups is 4. The van der Waals surface area contributed by atoms with Crippen molar-refractivity contribution in [2.24, 2.45) is 0 Å². The highest BCUT2D eigenvalue weighted by atomic mass is 16.6. The third kappa shape index (κ3) is 3.46. The van der Waals surface area contributed by atoms with E-state index < -0.39 is 79.0 Å². The molecule has 0 amide bonds. The van der Waals surface area contributed by atoms with Crippen molar-refractivity contribution < 1.29 is 58.6 Å². The Morgan fingerprint density at radius 3 is 1.61 bits per heavy atom. The number of nitro benzene ring substituents is 2. The van der Waals surface area contributed by atoms with E-state index in [2.05, 4.69) is 14.2 Å². The fourth-order valence-corrected chi connectivity index (χ4v) is 2.91. The van der Waals surface area contributed by atoms with Gasteiger partial charge in [-0.15, -0.1) is 0 Å². The largest absolute Gasteiger partial charge is 0.504 e. The van der Waals surface area contributed by atoms with Crippen LogP contribution in [-0.2, 0) is 9.47 Å². The van der Waals surface area contributed by atoms with E-state index in [0.29, 0.717) is 0 Å². The van der Waals surface area contributed by atoms with Crippen LogP contribution in [0.25, 0.3) is 0 Å². The number of esters is 4. The van der Waals surface area contributed by atoms with Crippen LogP contribution in [0.2, 0.25) is 0 Å². The second kappa shape index (κ2) is 7.76. The van der Waals surface area contributed by atoms with Gasteiger partial charge in [-0.25, -0.2) is 19.2 Å².